The zero-order valence-corrected chi connectivity index (χ0v) is 13.7. The largest absolute Gasteiger partial charge is 0.125 e. The maximum atomic E-state index is 3.69. The molecule has 0 saturated heterocycles. The number of alkyl halides is 1. The van der Waals surface area contributed by atoms with Crippen LogP contribution in [0, 0.1) is 19.3 Å². The molecule has 1 aromatic rings. The molecule has 0 aliphatic heterocycles. The molecule has 0 aliphatic rings. The Morgan fingerprint density at radius 3 is 2.35 bits per heavy atom. The van der Waals surface area contributed by atoms with Crippen molar-refractivity contribution in [2.24, 2.45) is 5.41 Å². The quantitative estimate of drug-likeness (QED) is 0.486. The van der Waals surface area contributed by atoms with Gasteiger partial charge in [0.1, 0.15) is 0 Å². The summed E-state index contributed by atoms with van der Waals surface area (Å²) in [5.41, 5.74) is 3.20. The predicted octanol–water partition coefficient (Wildman–Crippen LogP) is 5.60. The highest BCUT2D eigenvalue weighted by molar-refractivity contribution is 9.09. The SMILES string of the molecule is CCC(CC)(CBr)CSc1cc(C)ccc1C. The maximum Gasteiger partial charge on any atom is 0.0104 e. The lowest BCUT2D eigenvalue weighted by Crippen LogP contribution is -2.23. The van der Waals surface area contributed by atoms with Crippen molar-refractivity contribution in [2.45, 2.75) is 45.4 Å². The van der Waals surface area contributed by atoms with E-state index in [1.165, 1.54) is 34.6 Å². The standard InChI is InChI=1S/C15H23BrS/c1-5-15(6-2,10-16)11-17-14-9-12(3)7-8-13(14)4/h7-9H,5-6,10-11H2,1-4H3. The number of rotatable bonds is 6. The molecule has 0 saturated carbocycles. The molecule has 0 unspecified atom stereocenters. The van der Waals surface area contributed by atoms with Crippen LogP contribution in [0.25, 0.3) is 0 Å². The molecule has 1 rings (SSSR count). The fraction of sp³-hybridized carbons (Fsp3) is 0.600. The molecular formula is C15H23BrS. The molecule has 0 atom stereocenters. The zero-order chi connectivity index (χ0) is 12.9. The number of halogens is 1. The van der Waals surface area contributed by atoms with Gasteiger partial charge in [-0.25, -0.2) is 0 Å². The Morgan fingerprint density at radius 1 is 1.18 bits per heavy atom. The van der Waals surface area contributed by atoms with Crippen molar-refractivity contribution in [3.8, 4) is 0 Å². The smallest absolute Gasteiger partial charge is 0.0104 e. The Bertz CT molecular complexity index is 348. The van der Waals surface area contributed by atoms with Gasteiger partial charge < -0.3 is 0 Å². The monoisotopic (exact) mass is 314 g/mol. The summed E-state index contributed by atoms with van der Waals surface area (Å²) in [4.78, 5) is 1.44. The highest BCUT2D eigenvalue weighted by Crippen LogP contribution is 2.36. The summed E-state index contributed by atoms with van der Waals surface area (Å²) >= 11 is 5.70. The van der Waals surface area contributed by atoms with E-state index in [4.69, 9.17) is 0 Å². The third-order valence-electron chi connectivity index (χ3n) is 3.66. The van der Waals surface area contributed by atoms with Crippen molar-refractivity contribution in [2.75, 3.05) is 11.1 Å². The number of aryl methyl sites for hydroxylation is 2. The Labute approximate surface area is 119 Å². The molecule has 0 N–H and O–H groups in total. The molecule has 17 heavy (non-hydrogen) atoms. The van der Waals surface area contributed by atoms with Gasteiger partial charge in [-0.1, -0.05) is 47.5 Å². The van der Waals surface area contributed by atoms with Crippen molar-refractivity contribution >= 4 is 27.7 Å². The summed E-state index contributed by atoms with van der Waals surface area (Å²) in [6, 6.07) is 6.73. The summed E-state index contributed by atoms with van der Waals surface area (Å²) < 4.78 is 0. The average Bonchev–Trinajstić information content (AvgIpc) is 2.35. The number of benzene rings is 1. The third-order valence-corrected chi connectivity index (χ3v) is 6.36. The van der Waals surface area contributed by atoms with E-state index in [2.05, 4.69) is 61.8 Å². The highest BCUT2D eigenvalue weighted by atomic mass is 79.9. The van der Waals surface area contributed by atoms with Crippen molar-refractivity contribution in [1.82, 2.24) is 0 Å². The predicted molar refractivity (Wildman–Crippen MR) is 83.4 cm³/mol. The van der Waals surface area contributed by atoms with Gasteiger partial charge in [0.15, 0.2) is 0 Å². The first-order valence-corrected chi connectivity index (χ1v) is 8.43. The van der Waals surface area contributed by atoms with Gasteiger partial charge in [-0.15, -0.1) is 11.8 Å². The minimum atomic E-state index is 0.445. The number of hydrogen-bond acceptors (Lipinski definition) is 1. The maximum absolute atomic E-state index is 3.69. The van der Waals surface area contributed by atoms with Gasteiger partial charge in [0, 0.05) is 16.0 Å². The first-order valence-electron chi connectivity index (χ1n) is 6.33. The van der Waals surface area contributed by atoms with Crippen molar-refractivity contribution in [3.63, 3.8) is 0 Å². The molecule has 0 fully saturated rings. The van der Waals surface area contributed by atoms with Crippen molar-refractivity contribution in [1.29, 1.82) is 0 Å². The molecule has 0 amide bonds. The van der Waals surface area contributed by atoms with E-state index >= 15 is 0 Å². The van der Waals surface area contributed by atoms with E-state index in [0.29, 0.717) is 5.41 Å². The van der Waals surface area contributed by atoms with Crippen LogP contribution in [0.3, 0.4) is 0 Å². The minimum absolute atomic E-state index is 0.445. The fourth-order valence-electron chi connectivity index (χ4n) is 1.78. The summed E-state index contributed by atoms with van der Waals surface area (Å²) in [6.07, 6.45) is 2.49. The topological polar surface area (TPSA) is 0 Å². The fourth-order valence-corrected chi connectivity index (χ4v) is 4.57. The van der Waals surface area contributed by atoms with E-state index in [1.807, 2.05) is 11.8 Å². The van der Waals surface area contributed by atoms with Crippen LogP contribution in [-0.4, -0.2) is 11.1 Å². The molecule has 0 spiro atoms. The second-order valence-corrected chi connectivity index (χ2v) is 6.48. The Morgan fingerprint density at radius 2 is 1.82 bits per heavy atom. The van der Waals surface area contributed by atoms with Gasteiger partial charge >= 0.3 is 0 Å². The lowest BCUT2D eigenvalue weighted by molar-refractivity contribution is 0.359. The molecule has 0 heterocycles. The highest BCUT2D eigenvalue weighted by Gasteiger charge is 2.25. The molecule has 1 aromatic carbocycles. The van der Waals surface area contributed by atoms with E-state index in [1.54, 1.807) is 0 Å². The van der Waals surface area contributed by atoms with Crippen LogP contribution >= 0.6 is 27.7 Å². The number of thioether (sulfide) groups is 1. The van der Waals surface area contributed by atoms with Gasteiger partial charge in [0.2, 0.25) is 0 Å². The summed E-state index contributed by atoms with van der Waals surface area (Å²) in [6.45, 7) is 8.97. The van der Waals surface area contributed by atoms with Crippen LogP contribution in [0.2, 0.25) is 0 Å². The zero-order valence-electron chi connectivity index (χ0n) is 11.3. The normalized spacial score (nSPS) is 11.8. The van der Waals surface area contributed by atoms with Crippen LogP contribution in [0.5, 0.6) is 0 Å². The average molecular weight is 315 g/mol. The second kappa shape index (κ2) is 6.84. The third kappa shape index (κ3) is 4.03. The molecular weight excluding hydrogens is 292 g/mol. The van der Waals surface area contributed by atoms with Crippen molar-refractivity contribution < 1.29 is 0 Å². The van der Waals surface area contributed by atoms with E-state index in [9.17, 15) is 0 Å². The minimum Gasteiger partial charge on any atom is -0.125 e. The van der Waals surface area contributed by atoms with Crippen LogP contribution < -0.4 is 0 Å². The molecule has 0 radical (unpaired) electrons. The second-order valence-electron chi connectivity index (χ2n) is 4.90. The van der Waals surface area contributed by atoms with Gasteiger partial charge in [-0.05, 0) is 43.7 Å². The Kier molecular flexibility index (Phi) is 6.08. The molecule has 0 nitrogen and oxygen atoms in total. The van der Waals surface area contributed by atoms with Gasteiger partial charge in [-0.3, -0.25) is 0 Å². The molecule has 0 aromatic heterocycles. The van der Waals surface area contributed by atoms with Crippen molar-refractivity contribution in [3.05, 3.63) is 29.3 Å². The summed E-state index contributed by atoms with van der Waals surface area (Å²) in [5, 5.41) is 1.10. The lowest BCUT2D eigenvalue weighted by Gasteiger charge is -2.29. The number of hydrogen-bond donors (Lipinski definition) is 0. The molecule has 96 valence electrons. The summed E-state index contributed by atoms with van der Waals surface area (Å²) in [7, 11) is 0. The van der Waals surface area contributed by atoms with Crippen LogP contribution in [0.15, 0.2) is 23.1 Å². The lowest BCUT2D eigenvalue weighted by atomic mass is 9.87. The molecule has 2 heteroatoms. The van der Waals surface area contributed by atoms with E-state index < -0.39 is 0 Å². The van der Waals surface area contributed by atoms with E-state index in [0.717, 1.165) is 5.33 Å². The molecule has 0 bridgehead atoms. The van der Waals surface area contributed by atoms with Gasteiger partial charge in [0.25, 0.3) is 0 Å². The Hall–Kier alpha value is 0.0500. The first-order chi connectivity index (χ1) is 8.06. The van der Waals surface area contributed by atoms with Gasteiger partial charge in [-0.2, -0.15) is 0 Å². The first kappa shape index (κ1) is 15.1. The van der Waals surface area contributed by atoms with Crippen LogP contribution in [0.1, 0.15) is 37.8 Å². The van der Waals surface area contributed by atoms with Gasteiger partial charge in [0.05, 0.1) is 0 Å². The molecule has 0 aliphatic carbocycles. The summed E-state index contributed by atoms with van der Waals surface area (Å²) in [5.74, 6) is 1.20. The van der Waals surface area contributed by atoms with Crippen LogP contribution in [0.4, 0.5) is 0 Å². The van der Waals surface area contributed by atoms with Crippen LogP contribution in [-0.2, 0) is 0 Å². The Balaban J connectivity index is 2.75. The van der Waals surface area contributed by atoms with E-state index in [-0.39, 0.29) is 0 Å².